The first-order chi connectivity index (χ1) is 11.1. The van der Waals surface area contributed by atoms with Gasteiger partial charge in [0.05, 0.1) is 10.0 Å². The highest BCUT2D eigenvalue weighted by molar-refractivity contribution is 6.42. The van der Waals surface area contributed by atoms with Crippen LogP contribution in [0.15, 0.2) is 42.6 Å². The SMILES string of the molecule is Oc1ccc2c3c(ccnc13)CN(Cc1cccc(Cl)c1Cl)C2. The fraction of sp³-hybridized carbons (Fsp3) is 0.167. The van der Waals surface area contributed by atoms with Gasteiger partial charge in [-0.05, 0) is 34.9 Å². The summed E-state index contributed by atoms with van der Waals surface area (Å²) >= 11 is 12.4. The Balaban J connectivity index is 1.70. The monoisotopic (exact) mass is 344 g/mol. The number of hydrogen-bond acceptors (Lipinski definition) is 3. The van der Waals surface area contributed by atoms with Gasteiger partial charge in [-0.1, -0.05) is 41.4 Å². The molecular weight excluding hydrogens is 331 g/mol. The van der Waals surface area contributed by atoms with Crippen molar-refractivity contribution in [3.8, 4) is 5.75 Å². The van der Waals surface area contributed by atoms with Gasteiger partial charge in [0.15, 0.2) is 0 Å². The molecule has 1 aliphatic rings. The van der Waals surface area contributed by atoms with Crippen molar-refractivity contribution in [2.24, 2.45) is 0 Å². The third-order valence-electron chi connectivity index (χ3n) is 4.26. The molecule has 1 N–H and O–H groups in total. The molecule has 0 bridgehead atoms. The van der Waals surface area contributed by atoms with E-state index in [1.165, 1.54) is 11.1 Å². The van der Waals surface area contributed by atoms with Gasteiger partial charge >= 0.3 is 0 Å². The van der Waals surface area contributed by atoms with Gasteiger partial charge < -0.3 is 5.11 Å². The predicted molar refractivity (Wildman–Crippen MR) is 92.8 cm³/mol. The van der Waals surface area contributed by atoms with Gasteiger partial charge in [-0.3, -0.25) is 9.88 Å². The lowest BCUT2D eigenvalue weighted by atomic mass is 9.97. The Morgan fingerprint density at radius 1 is 1.04 bits per heavy atom. The molecule has 0 spiro atoms. The lowest BCUT2D eigenvalue weighted by Gasteiger charge is -2.29. The van der Waals surface area contributed by atoms with E-state index in [-0.39, 0.29) is 5.75 Å². The lowest BCUT2D eigenvalue weighted by molar-refractivity contribution is 0.243. The molecule has 1 aliphatic heterocycles. The molecule has 1 aromatic heterocycles. The van der Waals surface area contributed by atoms with Crippen molar-refractivity contribution in [3.05, 3.63) is 69.3 Å². The Morgan fingerprint density at radius 3 is 2.65 bits per heavy atom. The molecule has 0 radical (unpaired) electrons. The zero-order valence-corrected chi connectivity index (χ0v) is 13.8. The second kappa shape index (κ2) is 5.68. The molecular formula is C18H14Cl2N2O. The van der Waals surface area contributed by atoms with Gasteiger partial charge in [-0.25, -0.2) is 0 Å². The molecule has 2 heterocycles. The van der Waals surface area contributed by atoms with Gasteiger partial charge in [-0.15, -0.1) is 0 Å². The van der Waals surface area contributed by atoms with Crippen LogP contribution < -0.4 is 0 Å². The molecule has 0 atom stereocenters. The smallest absolute Gasteiger partial charge is 0.141 e. The highest BCUT2D eigenvalue weighted by Gasteiger charge is 2.21. The molecule has 116 valence electrons. The predicted octanol–water partition coefficient (Wildman–Crippen LogP) is 4.76. The Bertz CT molecular complexity index is 899. The maximum absolute atomic E-state index is 10.00. The molecule has 2 aromatic carbocycles. The Hall–Kier alpha value is -1.81. The number of aromatic hydroxyl groups is 1. The van der Waals surface area contributed by atoms with E-state index >= 15 is 0 Å². The van der Waals surface area contributed by atoms with E-state index in [9.17, 15) is 5.11 Å². The maximum atomic E-state index is 10.00. The van der Waals surface area contributed by atoms with Crippen LogP contribution in [-0.4, -0.2) is 15.0 Å². The molecule has 23 heavy (non-hydrogen) atoms. The molecule has 4 rings (SSSR count). The van der Waals surface area contributed by atoms with Crippen LogP contribution in [-0.2, 0) is 19.6 Å². The number of phenolic OH excluding ortho intramolecular Hbond substituents is 1. The quantitative estimate of drug-likeness (QED) is 0.727. The lowest BCUT2D eigenvalue weighted by Crippen LogP contribution is -2.26. The molecule has 5 heteroatoms. The summed E-state index contributed by atoms with van der Waals surface area (Å²) in [4.78, 5) is 6.62. The summed E-state index contributed by atoms with van der Waals surface area (Å²) in [5, 5.41) is 12.3. The summed E-state index contributed by atoms with van der Waals surface area (Å²) in [6, 6.07) is 11.4. The van der Waals surface area contributed by atoms with E-state index < -0.39 is 0 Å². The number of nitrogens with zero attached hydrogens (tertiary/aromatic N) is 2. The van der Waals surface area contributed by atoms with Crippen molar-refractivity contribution >= 4 is 34.1 Å². The second-order valence-corrected chi connectivity index (χ2v) is 6.58. The highest BCUT2D eigenvalue weighted by Crippen LogP contribution is 2.35. The molecule has 0 fully saturated rings. The normalized spacial score (nSPS) is 14.3. The van der Waals surface area contributed by atoms with Crippen molar-refractivity contribution in [3.63, 3.8) is 0 Å². The zero-order valence-electron chi connectivity index (χ0n) is 12.3. The van der Waals surface area contributed by atoms with E-state index in [4.69, 9.17) is 23.2 Å². The average Bonchev–Trinajstić information content (AvgIpc) is 2.55. The number of aromatic nitrogens is 1. The van der Waals surface area contributed by atoms with E-state index in [1.807, 2.05) is 24.3 Å². The zero-order chi connectivity index (χ0) is 16.0. The summed E-state index contributed by atoms with van der Waals surface area (Å²) in [6.07, 6.45) is 1.75. The van der Waals surface area contributed by atoms with Crippen LogP contribution >= 0.6 is 23.2 Å². The van der Waals surface area contributed by atoms with E-state index in [0.717, 1.165) is 30.6 Å². The van der Waals surface area contributed by atoms with Crippen LogP contribution in [0.3, 0.4) is 0 Å². The van der Waals surface area contributed by atoms with Crippen molar-refractivity contribution in [1.29, 1.82) is 0 Å². The van der Waals surface area contributed by atoms with Crippen LogP contribution in [0.4, 0.5) is 0 Å². The summed E-state index contributed by atoms with van der Waals surface area (Å²) in [7, 11) is 0. The first kappa shape index (κ1) is 14.8. The first-order valence-electron chi connectivity index (χ1n) is 7.37. The van der Waals surface area contributed by atoms with Crippen LogP contribution in [0, 0.1) is 0 Å². The molecule has 0 saturated carbocycles. The van der Waals surface area contributed by atoms with Crippen molar-refractivity contribution < 1.29 is 5.11 Å². The van der Waals surface area contributed by atoms with Crippen LogP contribution in [0.1, 0.15) is 16.7 Å². The summed E-state index contributed by atoms with van der Waals surface area (Å²) in [5.74, 6) is 0.233. The highest BCUT2D eigenvalue weighted by atomic mass is 35.5. The minimum Gasteiger partial charge on any atom is -0.506 e. The van der Waals surface area contributed by atoms with Crippen molar-refractivity contribution in [2.45, 2.75) is 19.6 Å². The van der Waals surface area contributed by atoms with Crippen molar-refractivity contribution in [1.82, 2.24) is 9.88 Å². The Morgan fingerprint density at radius 2 is 1.83 bits per heavy atom. The Labute approximate surface area is 144 Å². The second-order valence-electron chi connectivity index (χ2n) is 5.80. The van der Waals surface area contributed by atoms with Gasteiger partial charge in [0.2, 0.25) is 0 Å². The van der Waals surface area contributed by atoms with Crippen LogP contribution in [0.2, 0.25) is 10.0 Å². The fourth-order valence-electron chi connectivity index (χ4n) is 3.22. The van der Waals surface area contributed by atoms with Gasteiger partial charge in [-0.2, -0.15) is 0 Å². The first-order valence-corrected chi connectivity index (χ1v) is 8.13. The standard InChI is InChI=1S/C18H14Cl2N2O/c19-14-3-1-2-13(17(14)20)10-22-8-11-4-5-15(23)18-16(11)12(9-22)6-7-21-18/h1-7,23H,8-10H2. The van der Waals surface area contributed by atoms with E-state index in [2.05, 4.69) is 9.88 Å². The van der Waals surface area contributed by atoms with E-state index in [1.54, 1.807) is 18.3 Å². The Kier molecular flexibility index (Phi) is 3.64. The third-order valence-corrected chi connectivity index (χ3v) is 5.11. The molecule has 3 nitrogen and oxygen atoms in total. The molecule has 0 unspecified atom stereocenters. The number of halogens is 2. The molecule has 0 amide bonds. The molecule has 3 aromatic rings. The van der Waals surface area contributed by atoms with Crippen molar-refractivity contribution in [2.75, 3.05) is 0 Å². The largest absolute Gasteiger partial charge is 0.506 e. The van der Waals surface area contributed by atoms with Crippen LogP contribution in [0.5, 0.6) is 5.75 Å². The minimum absolute atomic E-state index is 0.233. The molecule has 0 aliphatic carbocycles. The van der Waals surface area contributed by atoms with Gasteiger partial charge in [0.1, 0.15) is 11.3 Å². The molecule has 0 saturated heterocycles. The van der Waals surface area contributed by atoms with Gasteiger partial charge in [0.25, 0.3) is 0 Å². The maximum Gasteiger partial charge on any atom is 0.141 e. The number of pyridine rings is 1. The van der Waals surface area contributed by atoms with Gasteiger partial charge in [0, 0.05) is 31.2 Å². The summed E-state index contributed by atoms with van der Waals surface area (Å²) in [5.41, 5.74) is 4.04. The minimum atomic E-state index is 0.233. The van der Waals surface area contributed by atoms with E-state index in [0.29, 0.717) is 15.6 Å². The average molecular weight is 345 g/mol. The van der Waals surface area contributed by atoms with Crippen LogP contribution in [0.25, 0.3) is 10.9 Å². The number of hydrogen-bond donors (Lipinski definition) is 1. The number of phenols is 1. The number of rotatable bonds is 2. The number of benzene rings is 2. The third kappa shape index (κ3) is 2.55. The topological polar surface area (TPSA) is 36.4 Å². The fourth-order valence-corrected chi connectivity index (χ4v) is 3.60. The summed E-state index contributed by atoms with van der Waals surface area (Å²) < 4.78 is 0. The summed E-state index contributed by atoms with van der Waals surface area (Å²) in [6.45, 7) is 2.31.